The zero-order chi connectivity index (χ0) is 22.0. The molecule has 2 heterocycles. The second kappa shape index (κ2) is 8.14. The highest BCUT2D eigenvalue weighted by molar-refractivity contribution is 5.92. The molecule has 4 rings (SSSR count). The van der Waals surface area contributed by atoms with E-state index in [0.717, 1.165) is 4.57 Å². The summed E-state index contributed by atoms with van der Waals surface area (Å²) in [5.41, 5.74) is 0.561. The number of hydrogen-bond donors (Lipinski definition) is 1. The summed E-state index contributed by atoms with van der Waals surface area (Å²) < 4.78 is 16.8. The zero-order valence-corrected chi connectivity index (χ0v) is 16.2. The number of hydrogen-bond acceptors (Lipinski definition) is 8. The molecule has 0 bridgehead atoms. The summed E-state index contributed by atoms with van der Waals surface area (Å²) in [6.07, 6.45) is 1.26. The maximum absolute atomic E-state index is 12.5. The predicted octanol–water partition coefficient (Wildman–Crippen LogP) is 2.19. The van der Waals surface area contributed by atoms with Gasteiger partial charge in [0.1, 0.15) is 12.3 Å². The van der Waals surface area contributed by atoms with Gasteiger partial charge in [0.2, 0.25) is 12.7 Å². The molecule has 1 aliphatic heterocycles. The molecule has 0 atom stereocenters. The number of benzene rings is 2. The average Bonchev–Trinajstić information content (AvgIpc) is 3.23. The van der Waals surface area contributed by atoms with Crippen LogP contribution in [-0.2, 0) is 11.3 Å². The van der Waals surface area contributed by atoms with Gasteiger partial charge < -0.3 is 19.5 Å². The van der Waals surface area contributed by atoms with Crippen molar-refractivity contribution < 1.29 is 23.9 Å². The van der Waals surface area contributed by atoms with E-state index < -0.39 is 16.4 Å². The highest BCUT2D eigenvalue weighted by Crippen LogP contribution is 2.35. The molecular weight excluding hydrogens is 408 g/mol. The minimum atomic E-state index is -0.585. The monoisotopic (exact) mass is 424 g/mol. The Bertz CT molecular complexity index is 1240. The van der Waals surface area contributed by atoms with Crippen LogP contribution in [0.3, 0.4) is 0 Å². The molecule has 0 fully saturated rings. The van der Waals surface area contributed by atoms with Crippen LogP contribution in [0, 0.1) is 10.1 Å². The van der Waals surface area contributed by atoms with Gasteiger partial charge in [0.15, 0.2) is 11.5 Å². The minimum absolute atomic E-state index is 0.125. The number of ether oxygens (including phenoxy) is 3. The molecule has 0 aliphatic carbocycles. The first-order chi connectivity index (χ1) is 14.9. The van der Waals surface area contributed by atoms with Gasteiger partial charge in [0, 0.05) is 23.8 Å². The molecule has 158 valence electrons. The van der Waals surface area contributed by atoms with Crippen molar-refractivity contribution in [3.8, 4) is 28.5 Å². The first-order valence-corrected chi connectivity index (χ1v) is 9.03. The number of rotatable bonds is 6. The lowest BCUT2D eigenvalue weighted by Gasteiger charge is -2.11. The van der Waals surface area contributed by atoms with Gasteiger partial charge in [-0.15, -0.1) is 0 Å². The van der Waals surface area contributed by atoms with E-state index in [2.05, 4.69) is 10.3 Å². The highest BCUT2D eigenvalue weighted by Gasteiger charge is 2.16. The number of non-ortho nitro benzene ring substituents is 1. The van der Waals surface area contributed by atoms with Gasteiger partial charge in [-0.1, -0.05) is 0 Å². The third-order valence-corrected chi connectivity index (χ3v) is 4.53. The number of nitro groups is 1. The first kappa shape index (κ1) is 19.9. The number of methoxy groups -OCH3 is 1. The second-order valence-electron chi connectivity index (χ2n) is 6.50. The van der Waals surface area contributed by atoms with Crippen LogP contribution >= 0.6 is 0 Å². The van der Waals surface area contributed by atoms with E-state index in [1.165, 1.54) is 37.7 Å². The van der Waals surface area contributed by atoms with Gasteiger partial charge in [0.25, 0.3) is 11.2 Å². The largest absolute Gasteiger partial charge is 0.495 e. The van der Waals surface area contributed by atoms with E-state index in [1.807, 2.05) is 0 Å². The van der Waals surface area contributed by atoms with Gasteiger partial charge in [-0.3, -0.25) is 24.3 Å². The number of amides is 1. The average molecular weight is 424 g/mol. The lowest BCUT2D eigenvalue weighted by Crippen LogP contribution is -2.27. The van der Waals surface area contributed by atoms with Crippen LogP contribution in [0.4, 0.5) is 11.4 Å². The van der Waals surface area contributed by atoms with Crippen LogP contribution in [0.5, 0.6) is 17.2 Å². The molecule has 0 radical (unpaired) electrons. The third-order valence-electron chi connectivity index (χ3n) is 4.53. The van der Waals surface area contributed by atoms with Crippen LogP contribution in [0.2, 0.25) is 0 Å². The lowest BCUT2D eigenvalue weighted by molar-refractivity contribution is -0.384. The fourth-order valence-electron chi connectivity index (χ4n) is 3.01. The Morgan fingerprint density at radius 2 is 2.03 bits per heavy atom. The smallest absolute Gasteiger partial charge is 0.271 e. The Kier molecular flexibility index (Phi) is 5.22. The van der Waals surface area contributed by atoms with Crippen LogP contribution in [0.1, 0.15) is 0 Å². The molecule has 0 saturated carbocycles. The molecular formula is C20H16N4O7. The van der Waals surface area contributed by atoms with Crippen LogP contribution in [0.25, 0.3) is 11.3 Å². The van der Waals surface area contributed by atoms with E-state index in [0.29, 0.717) is 22.8 Å². The fourth-order valence-corrected chi connectivity index (χ4v) is 3.01. The quantitative estimate of drug-likeness (QED) is 0.470. The Morgan fingerprint density at radius 3 is 2.77 bits per heavy atom. The number of carbonyl (C=O) groups is 1. The molecule has 0 spiro atoms. The van der Waals surface area contributed by atoms with Crippen molar-refractivity contribution in [2.45, 2.75) is 6.54 Å². The van der Waals surface area contributed by atoms with Crippen LogP contribution < -0.4 is 25.1 Å². The Balaban J connectivity index is 1.51. The normalized spacial score (nSPS) is 11.8. The molecule has 11 heteroatoms. The summed E-state index contributed by atoms with van der Waals surface area (Å²) >= 11 is 0. The molecule has 1 aromatic heterocycles. The molecule has 0 saturated heterocycles. The van der Waals surface area contributed by atoms with Crippen molar-refractivity contribution in [1.29, 1.82) is 0 Å². The SMILES string of the molecule is COc1ccc([N+](=O)[O-])cc1NC(=O)Cn1cnc(-c2ccc3c(c2)OCO3)cc1=O. The van der Waals surface area contributed by atoms with Crippen molar-refractivity contribution in [3.63, 3.8) is 0 Å². The van der Waals surface area contributed by atoms with Crippen molar-refractivity contribution in [2.75, 3.05) is 19.2 Å². The molecule has 0 unspecified atom stereocenters. The van der Waals surface area contributed by atoms with Crippen molar-refractivity contribution in [1.82, 2.24) is 9.55 Å². The molecule has 1 N–H and O–H groups in total. The summed E-state index contributed by atoms with van der Waals surface area (Å²) in [6.45, 7) is -0.197. The van der Waals surface area contributed by atoms with Gasteiger partial charge >= 0.3 is 0 Å². The molecule has 3 aromatic rings. The van der Waals surface area contributed by atoms with Crippen LogP contribution in [-0.4, -0.2) is 34.3 Å². The number of carbonyl (C=O) groups excluding carboxylic acids is 1. The molecule has 2 aromatic carbocycles. The number of nitrogens with zero attached hydrogens (tertiary/aromatic N) is 3. The van der Waals surface area contributed by atoms with Gasteiger partial charge in [0.05, 0.1) is 29.7 Å². The Hall–Kier alpha value is -4.41. The lowest BCUT2D eigenvalue weighted by atomic mass is 10.1. The fraction of sp³-hybridized carbons (Fsp3) is 0.150. The predicted molar refractivity (Wildman–Crippen MR) is 108 cm³/mol. The van der Waals surface area contributed by atoms with E-state index in [9.17, 15) is 19.7 Å². The van der Waals surface area contributed by atoms with Crippen molar-refractivity contribution in [2.24, 2.45) is 0 Å². The molecule has 1 amide bonds. The van der Waals surface area contributed by atoms with Gasteiger partial charge in [-0.25, -0.2) is 4.98 Å². The number of anilines is 1. The van der Waals surface area contributed by atoms with Gasteiger partial charge in [-0.2, -0.15) is 0 Å². The van der Waals surface area contributed by atoms with Crippen molar-refractivity contribution >= 4 is 17.3 Å². The Labute approximate surface area is 175 Å². The van der Waals surface area contributed by atoms with E-state index in [-0.39, 0.29) is 30.5 Å². The highest BCUT2D eigenvalue weighted by atomic mass is 16.7. The summed E-state index contributed by atoms with van der Waals surface area (Å²) in [6, 6.07) is 10.3. The van der Waals surface area contributed by atoms with Crippen molar-refractivity contribution in [3.05, 3.63) is 69.3 Å². The minimum Gasteiger partial charge on any atom is -0.495 e. The molecule has 11 nitrogen and oxygen atoms in total. The number of fused-ring (bicyclic) bond motifs is 1. The summed E-state index contributed by atoms with van der Waals surface area (Å²) in [7, 11) is 1.38. The summed E-state index contributed by atoms with van der Waals surface area (Å²) in [5.74, 6) is 0.861. The van der Waals surface area contributed by atoms with E-state index in [1.54, 1.807) is 18.2 Å². The van der Waals surface area contributed by atoms with Gasteiger partial charge in [-0.05, 0) is 24.3 Å². The number of aromatic nitrogens is 2. The van der Waals surface area contributed by atoms with E-state index >= 15 is 0 Å². The number of nitrogens with one attached hydrogen (secondary N) is 1. The second-order valence-corrected chi connectivity index (χ2v) is 6.50. The molecule has 1 aliphatic rings. The molecule has 31 heavy (non-hydrogen) atoms. The summed E-state index contributed by atoms with van der Waals surface area (Å²) in [5, 5.41) is 13.5. The Morgan fingerprint density at radius 1 is 1.23 bits per heavy atom. The maximum atomic E-state index is 12.5. The number of nitro benzene ring substituents is 1. The maximum Gasteiger partial charge on any atom is 0.271 e. The summed E-state index contributed by atoms with van der Waals surface area (Å²) in [4.78, 5) is 39.5. The standard InChI is InChI=1S/C20H16N4O7/c1-29-16-5-3-13(24(27)28)7-15(16)22-19(25)9-23-10-21-14(8-20(23)26)12-2-4-17-18(6-12)31-11-30-17/h2-8,10H,9,11H2,1H3,(H,22,25). The van der Waals surface area contributed by atoms with Crippen LogP contribution in [0.15, 0.2) is 53.6 Å². The van der Waals surface area contributed by atoms with E-state index in [4.69, 9.17) is 14.2 Å². The zero-order valence-electron chi connectivity index (χ0n) is 16.2. The third kappa shape index (κ3) is 4.15. The topological polar surface area (TPSA) is 135 Å². The first-order valence-electron chi connectivity index (χ1n) is 9.03.